The van der Waals surface area contributed by atoms with Crippen LogP contribution in [-0.2, 0) is 0 Å². The van der Waals surface area contributed by atoms with E-state index in [1.807, 2.05) is 44.2 Å². The standard InChI is InChI=1S/C14H13N3OS/c1-8-13(19-9(2)16-8)12-11(14(15)18-17-12)10-6-4-3-5-7-10/h3-7H,15H2,1-2H3. The fraction of sp³-hybridized carbons (Fsp3) is 0.143. The summed E-state index contributed by atoms with van der Waals surface area (Å²) in [6, 6.07) is 9.90. The van der Waals surface area contributed by atoms with Gasteiger partial charge in [-0.2, -0.15) is 0 Å². The van der Waals surface area contributed by atoms with Crippen molar-refractivity contribution in [3.05, 3.63) is 41.0 Å². The molecule has 2 N–H and O–H groups in total. The topological polar surface area (TPSA) is 64.9 Å². The lowest BCUT2D eigenvalue weighted by atomic mass is 10.0. The molecule has 3 rings (SSSR count). The summed E-state index contributed by atoms with van der Waals surface area (Å²) in [7, 11) is 0. The molecule has 2 heterocycles. The molecule has 0 amide bonds. The molecule has 0 saturated carbocycles. The molecule has 0 aliphatic carbocycles. The summed E-state index contributed by atoms with van der Waals surface area (Å²) in [5.41, 5.74) is 9.49. The first-order chi connectivity index (χ1) is 9.16. The van der Waals surface area contributed by atoms with Gasteiger partial charge in [-0.15, -0.1) is 11.3 Å². The van der Waals surface area contributed by atoms with Crippen LogP contribution in [0.4, 0.5) is 5.88 Å². The number of hydrogen-bond donors (Lipinski definition) is 1. The van der Waals surface area contributed by atoms with Gasteiger partial charge in [-0.25, -0.2) is 4.98 Å². The van der Waals surface area contributed by atoms with Crippen molar-refractivity contribution in [3.63, 3.8) is 0 Å². The zero-order valence-corrected chi connectivity index (χ0v) is 11.5. The molecule has 0 spiro atoms. The summed E-state index contributed by atoms with van der Waals surface area (Å²) >= 11 is 1.60. The maximum Gasteiger partial charge on any atom is 0.230 e. The quantitative estimate of drug-likeness (QED) is 0.772. The molecule has 0 bridgehead atoms. The highest BCUT2D eigenvalue weighted by atomic mass is 32.1. The van der Waals surface area contributed by atoms with Gasteiger partial charge in [-0.1, -0.05) is 35.5 Å². The van der Waals surface area contributed by atoms with E-state index < -0.39 is 0 Å². The van der Waals surface area contributed by atoms with Gasteiger partial charge in [0, 0.05) is 0 Å². The molecular formula is C14H13N3OS. The molecule has 0 fully saturated rings. The number of thiazole rings is 1. The largest absolute Gasteiger partial charge is 0.367 e. The van der Waals surface area contributed by atoms with Gasteiger partial charge < -0.3 is 10.3 Å². The van der Waals surface area contributed by atoms with Crippen molar-refractivity contribution in [1.29, 1.82) is 0 Å². The van der Waals surface area contributed by atoms with Crippen molar-refractivity contribution in [2.24, 2.45) is 0 Å². The maximum absolute atomic E-state index is 5.92. The highest BCUT2D eigenvalue weighted by molar-refractivity contribution is 7.15. The van der Waals surface area contributed by atoms with Crippen LogP contribution in [0.25, 0.3) is 21.7 Å². The number of nitrogens with zero attached hydrogens (tertiary/aromatic N) is 2. The van der Waals surface area contributed by atoms with Crippen molar-refractivity contribution in [1.82, 2.24) is 10.1 Å². The summed E-state index contributed by atoms with van der Waals surface area (Å²) < 4.78 is 5.18. The van der Waals surface area contributed by atoms with E-state index in [9.17, 15) is 0 Å². The molecule has 0 atom stereocenters. The number of aryl methyl sites for hydroxylation is 2. The Balaban J connectivity index is 2.22. The van der Waals surface area contributed by atoms with Crippen molar-refractivity contribution < 1.29 is 4.52 Å². The van der Waals surface area contributed by atoms with E-state index in [0.717, 1.165) is 32.4 Å². The van der Waals surface area contributed by atoms with Crippen molar-refractivity contribution in [2.75, 3.05) is 5.73 Å². The Labute approximate surface area is 114 Å². The normalized spacial score (nSPS) is 10.8. The number of nitrogen functional groups attached to an aromatic ring is 1. The van der Waals surface area contributed by atoms with Crippen LogP contribution in [0, 0.1) is 13.8 Å². The lowest BCUT2D eigenvalue weighted by Crippen LogP contribution is -1.87. The van der Waals surface area contributed by atoms with Gasteiger partial charge >= 0.3 is 0 Å². The Morgan fingerprint density at radius 1 is 1.16 bits per heavy atom. The second kappa shape index (κ2) is 4.51. The van der Waals surface area contributed by atoms with Gasteiger partial charge in [-0.05, 0) is 19.4 Å². The summed E-state index contributed by atoms with van der Waals surface area (Å²) in [6.45, 7) is 3.95. The Kier molecular flexibility index (Phi) is 2.83. The van der Waals surface area contributed by atoms with Gasteiger partial charge in [0.05, 0.1) is 21.1 Å². The van der Waals surface area contributed by atoms with Crippen LogP contribution < -0.4 is 5.73 Å². The number of benzene rings is 1. The summed E-state index contributed by atoms with van der Waals surface area (Å²) in [5, 5.41) is 5.11. The Morgan fingerprint density at radius 3 is 2.53 bits per heavy atom. The van der Waals surface area contributed by atoms with E-state index >= 15 is 0 Å². The Bertz CT molecular complexity index is 716. The minimum absolute atomic E-state index is 0.339. The average molecular weight is 271 g/mol. The Hall–Kier alpha value is -2.14. The van der Waals surface area contributed by atoms with Crippen molar-refractivity contribution >= 4 is 17.2 Å². The average Bonchev–Trinajstić information content (AvgIpc) is 2.93. The molecule has 0 aliphatic heterocycles. The molecule has 2 aromatic heterocycles. The lowest BCUT2D eigenvalue weighted by molar-refractivity contribution is 0.439. The summed E-state index contributed by atoms with van der Waals surface area (Å²) in [4.78, 5) is 5.44. The van der Waals surface area contributed by atoms with E-state index in [0.29, 0.717) is 5.88 Å². The van der Waals surface area contributed by atoms with Crippen LogP contribution in [0.2, 0.25) is 0 Å². The van der Waals surface area contributed by atoms with Gasteiger partial charge in [-0.3, -0.25) is 0 Å². The Morgan fingerprint density at radius 2 is 1.89 bits per heavy atom. The number of anilines is 1. The third kappa shape index (κ3) is 2.02. The third-order valence-corrected chi connectivity index (χ3v) is 3.98. The van der Waals surface area contributed by atoms with E-state index in [-0.39, 0.29) is 0 Å². The first kappa shape index (κ1) is 11.9. The minimum Gasteiger partial charge on any atom is -0.367 e. The van der Waals surface area contributed by atoms with Crippen LogP contribution in [0.3, 0.4) is 0 Å². The fourth-order valence-corrected chi connectivity index (χ4v) is 3.00. The molecule has 0 unspecified atom stereocenters. The van der Waals surface area contributed by atoms with Crippen LogP contribution >= 0.6 is 11.3 Å². The highest BCUT2D eigenvalue weighted by Crippen LogP contribution is 2.39. The first-order valence-electron chi connectivity index (χ1n) is 5.92. The monoisotopic (exact) mass is 271 g/mol. The zero-order valence-electron chi connectivity index (χ0n) is 10.7. The third-order valence-electron chi connectivity index (χ3n) is 2.90. The van der Waals surface area contributed by atoms with Gasteiger partial charge in [0.25, 0.3) is 0 Å². The minimum atomic E-state index is 0.339. The molecule has 96 valence electrons. The molecule has 3 aromatic rings. The highest BCUT2D eigenvalue weighted by Gasteiger charge is 2.20. The molecule has 5 heteroatoms. The predicted octanol–water partition coefficient (Wildman–Crippen LogP) is 3.66. The predicted molar refractivity (Wildman–Crippen MR) is 76.9 cm³/mol. The summed E-state index contributed by atoms with van der Waals surface area (Å²) in [6.07, 6.45) is 0. The molecular weight excluding hydrogens is 258 g/mol. The lowest BCUT2D eigenvalue weighted by Gasteiger charge is -2.01. The second-order valence-electron chi connectivity index (χ2n) is 4.28. The number of rotatable bonds is 2. The second-order valence-corrected chi connectivity index (χ2v) is 5.49. The molecule has 0 saturated heterocycles. The van der Waals surface area contributed by atoms with Gasteiger partial charge in [0.15, 0.2) is 0 Å². The van der Waals surface area contributed by atoms with Crippen molar-refractivity contribution in [2.45, 2.75) is 13.8 Å². The molecule has 19 heavy (non-hydrogen) atoms. The fourth-order valence-electron chi connectivity index (χ4n) is 2.09. The van der Waals surface area contributed by atoms with Gasteiger partial charge in [0.2, 0.25) is 5.88 Å². The SMILES string of the molecule is Cc1nc(C)c(-c2noc(N)c2-c2ccccc2)s1. The van der Waals surface area contributed by atoms with E-state index in [1.165, 1.54) is 0 Å². The number of aromatic nitrogens is 2. The molecule has 0 radical (unpaired) electrons. The molecule has 4 nitrogen and oxygen atoms in total. The smallest absolute Gasteiger partial charge is 0.230 e. The number of hydrogen-bond acceptors (Lipinski definition) is 5. The van der Waals surface area contributed by atoms with E-state index in [4.69, 9.17) is 10.3 Å². The van der Waals surface area contributed by atoms with Crippen LogP contribution in [0.5, 0.6) is 0 Å². The first-order valence-corrected chi connectivity index (χ1v) is 6.73. The zero-order chi connectivity index (χ0) is 13.4. The summed E-state index contributed by atoms with van der Waals surface area (Å²) in [5.74, 6) is 0.339. The maximum atomic E-state index is 5.92. The van der Waals surface area contributed by atoms with Crippen molar-refractivity contribution in [3.8, 4) is 21.7 Å². The van der Waals surface area contributed by atoms with Crippen LogP contribution in [-0.4, -0.2) is 10.1 Å². The molecule has 1 aromatic carbocycles. The number of nitrogens with two attached hydrogens (primary N) is 1. The van der Waals surface area contributed by atoms with Crippen LogP contribution in [0.1, 0.15) is 10.7 Å². The van der Waals surface area contributed by atoms with E-state index in [1.54, 1.807) is 11.3 Å². The van der Waals surface area contributed by atoms with Crippen LogP contribution in [0.15, 0.2) is 34.9 Å². The van der Waals surface area contributed by atoms with Gasteiger partial charge in [0.1, 0.15) is 5.69 Å². The van der Waals surface area contributed by atoms with E-state index in [2.05, 4.69) is 10.1 Å². The molecule has 0 aliphatic rings.